The van der Waals surface area contributed by atoms with Crippen LogP contribution in [0.3, 0.4) is 0 Å². The molecule has 108 valence electrons. The first-order chi connectivity index (χ1) is 9.76. The molecule has 2 rings (SSSR count). The Morgan fingerprint density at radius 3 is 2.30 bits per heavy atom. The highest BCUT2D eigenvalue weighted by Crippen LogP contribution is 2.30. The molecule has 20 heavy (non-hydrogen) atoms. The van der Waals surface area contributed by atoms with Gasteiger partial charge in [0.05, 0.1) is 26.2 Å². The summed E-state index contributed by atoms with van der Waals surface area (Å²) in [6.07, 6.45) is 5.57. The molecule has 0 spiro atoms. The highest BCUT2D eigenvalue weighted by atomic mass is 16.5. The minimum atomic E-state index is 0.0784. The molecule has 1 N–H and O–H groups in total. The molecule has 0 radical (unpaired) electrons. The molecule has 0 bridgehead atoms. The summed E-state index contributed by atoms with van der Waals surface area (Å²) in [6.45, 7) is 0. The smallest absolute Gasteiger partial charge is 0.124 e. The van der Waals surface area contributed by atoms with Crippen molar-refractivity contribution in [3.8, 4) is 17.6 Å². The van der Waals surface area contributed by atoms with Gasteiger partial charge in [-0.25, -0.2) is 0 Å². The van der Waals surface area contributed by atoms with Crippen molar-refractivity contribution in [2.45, 2.75) is 38.1 Å². The highest BCUT2D eigenvalue weighted by Gasteiger charge is 2.23. The van der Waals surface area contributed by atoms with Gasteiger partial charge in [0, 0.05) is 29.9 Å². The molecule has 2 atom stereocenters. The van der Waals surface area contributed by atoms with Crippen molar-refractivity contribution in [1.29, 1.82) is 5.26 Å². The molecule has 1 aliphatic carbocycles. The molecule has 0 amide bonds. The summed E-state index contributed by atoms with van der Waals surface area (Å²) in [6, 6.07) is 8.39. The van der Waals surface area contributed by atoms with E-state index >= 15 is 0 Å². The maximum atomic E-state index is 9.33. The topological polar surface area (TPSA) is 54.3 Å². The van der Waals surface area contributed by atoms with E-state index in [9.17, 15) is 5.26 Å². The van der Waals surface area contributed by atoms with Crippen molar-refractivity contribution in [2.75, 3.05) is 19.5 Å². The Bertz CT molecular complexity index is 460. The van der Waals surface area contributed by atoms with Crippen LogP contribution in [0.5, 0.6) is 11.5 Å². The Morgan fingerprint density at radius 1 is 1.05 bits per heavy atom. The monoisotopic (exact) mass is 274 g/mol. The van der Waals surface area contributed by atoms with Gasteiger partial charge < -0.3 is 14.8 Å². The average molecular weight is 274 g/mol. The van der Waals surface area contributed by atoms with E-state index in [-0.39, 0.29) is 12.0 Å². The number of hydrogen-bond donors (Lipinski definition) is 1. The molecule has 1 fully saturated rings. The normalized spacial score (nSPS) is 22.4. The van der Waals surface area contributed by atoms with Crippen LogP contribution in [-0.2, 0) is 0 Å². The van der Waals surface area contributed by atoms with Crippen molar-refractivity contribution in [2.24, 2.45) is 5.92 Å². The zero-order chi connectivity index (χ0) is 14.4. The summed E-state index contributed by atoms with van der Waals surface area (Å²) in [5.74, 6) is 1.60. The number of nitrogens with zero attached hydrogens (tertiary/aromatic N) is 1. The Balaban J connectivity index is 2.16. The van der Waals surface area contributed by atoms with Gasteiger partial charge in [0.25, 0.3) is 0 Å². The summed E-state index contributed by atoms with van der Waals surface area (Å²) < 4.78 is 10.6. The van der Waals surface area contributed by atoms with E-state index in [0.29, 0.717) is 0 Å². The van der Waals surface area contributed by atoms with Crippen LogP contribution < -0.4 is 14.8 Å². The number of anilines is 1. The fourth-order valence-electron chi connectivity index (χ4n) is 2.74. The lowest BCUT2D eigenvalue weighted by molar-refractivity contribution is 0.394. The van der Waals surface area contributed by atoms with Crippen LogP contribution in [0.1, 0.15) is 32.1 Å². The predicted octanol–water partition coefficient (Wildman–Crippen LogP) is 3.59. The maximum absolute atomic E-state index is 9.33. The van der Waals surface area contributed by atoms with Crippen LogP contribution in [0.4, 0.5) is 5.69 Å². The minimum Gasteiger partial charge on any atom is -0.497 e. The SMILES string of the molecule is COc1cc(NC2CCCCCC2C#N)cc(OC)c1. The molecule has 1 aliphatic rings. The largest absolute Gasteiger partial charge is 0.497 e. The van der Waals surface area contributed by atoms with Gasteiger partial charge in [-0.2, -0.15) is 5.26 Å². The summed E-state index contributed by atoms with van der Waals surface area (Å²) in [4.78, 5) is 0. The van der Waals surface area contributed by atoms with Crippen molar-refractivity contribution in [3.63, 3.8) is 0 Å². The summed E-state index contributed by atoms with van der Waals surface area (Å²) in [7, 11) is 3.28. The van der Waals surface area contributed by atoms with Gasteiger partial charge in [0.2, 0.25) is 0 Å². The first-order valence-corrected chi connectivity index (χ1v) is 7.16. The quantitative estimate of drug-likeness (QED) is 0.852. The van der Waals surface area contributed by atoms with E-state index in [1.54, 1.807) is 14.2 Å². The fourth-order valence-corrected chi connectivity index (χ4v) is 2.74. The van der Waals surface area contributed by atoms with E-state index in [1.165, 1.54) is 12.8 Å². The van der Waals surface area contributed by atoms with Crippen LogP contribution in [0.25, 0.3) is 0 Å². The predicted molar refractivity (Wildman–Crippen MR) is 79.1 cm³/mol. The summed E-state index contributed by atoms with van der Waals surface area (Å²) in [5.41, 5.74) is 0.952. The standard InChI is InChI=1S/C16H22N2O2/c1-19-14-8-13(9-15(10-14)20-2)18-16-7-5-3-4-6-12(16)11-17/h8-10,12,16,18H,3-7H2,1-2H3. The maximum Gasteiger partial charge on any atom is 0.124 e. The molecule has 1 aromatic rings. The van der Waals surface area contributed by atoms with Gasteiger partial charge in [-0.3, -0.25) is 0 Å². The lowest BCUT2D eigenvalue weighted by atomic mass is 9.96. The van der Waals surface area contributed by atoms with Crippen molar-refractivity contribution < 1.29 is 9.47 Å². The van der Waals surface area contributed by atoms with Crippen molar-refractivity contribution in [1.82, 2.24) is 0 Å². The van der Waals surface area contributed by atoms with Crippen molar-refractivity contribution in [3.05, 3.63) is 18.2 Å². The first-order valence-electron chi connectivity index (χ1n) is 7.16. The number of nitriles is 1. The van der Waals surface area contributed by atoms with Crippen LogP contribution in [-0.4, -0.2) is 20.3 Å². The molecule has 0 aromatic heterocycles. The molecule has 1 saturated carbocycles. The molecule has 0 aliphatic heterocycles. The Labute approximate surface area is 120 Å². The lowest BCUT2D eigenvalue weighted by Gasteiger charge is -2.22. The Hall–Kier alpha value is -1.89. The van der Waals surface area contributed by atoms with E-state index in [1.807, 2.05) is 18.2 Å². The zero-order valence-corrected chi connectivity index (χ0v) is 12.2. The number of nitrogens with one attached hydrogen (secondary N) is 1. The van der Waals surface area contributed by atoms with Gasteiger partial charge in [-0.15, -0.1) is 0 Å². The summed E-state index contributed by atoms with van der Waals surface area (Å²) in [5, 5.41) is 12.8. The molecular formula is C16H22N2O2. The van der Waals surface area contributed by atoms with Gasteiger partial charge >= 0.3 is 0 Å². The lowest BCUT2D eigenvalue weighted by Crippen LogP contribution is -2.27. The highest BCUT2D eigenvalue weighted by molar-refractivity contribution is 5.54. The molecule has 4 heteroatoms. The number of benzene rings is 1. The van der Waals surface area contributed by atoms with Gasteiger partial charge in [-0.05, 0) is 12.8 Å². The molecule has 0 heterocycles. The number of hydrogen-bond acceptors (Lipinski definition) is 4. The van der Waals surface area contributed by atoms with Crippen molar-refractivity contribution >= 4 is 5.69 Å². The second-order valence-electron chi connectivity index (χ2n) is 5.23. The zero-order valence-electron chi connectivity index (χ0n) is 12.2. The van der Waals surface area contributed by atoms with Gasteiger partial charge in [-0.1, -0.05) is 19.3 Å². The molecular weight excluding hydrogens is 252 g/mol. The third kappa shape index (κ3) is 3.57. The molecule has 0 saturated heterocycles. The fraction of sp³-hybridized carbons (Fsp3) is 0.562. The van der Waals surface area contributed by atoms with E-state index in [4.69, 9.17) is 9.47 Å². The molecule has 4 nitrogen and oxygen atoms in total. The van der Waals surface area contributed by atoms with Crippen LogP contribution in [0, 0.1) is 17.2 Å². The first kappa shape index (κ1) is 14.5. The minimum absolute atomic E-state index is 0.0784. The second kappa shape index (κ2) is 7.04. The van der Waals surface area contributed by atoms with Gasteiger partial charge in [0.1, 0.15) is 11.5 Å². The van der Waals surface area contributed by atoms with E-state index in [0.717, 1.165) is 36.4 Å². The Kier molecular flexibility index (Phi) is 5.11. The van der Waals surface area contributed by atoms with Crippen LogP contribution in [0.15, 0.2) is 18.2 Å². The average Bonchev–Trinajstić information content (AvgIpc) is 2.71. The summed E-state index contributed by atoms with van der Waals surface area (Å²) >= 11 is 0. The third-order valence-electron chi connectivity index (χ3n) is 3.89. The van der Waals surface area contributed by atoms with Crippen LogP contribution in [0.2, 0.25) is 0 Å². The van der Waals surface area contributed by atoms with Crippen LogP contribution >= 0.6 is 0 Å². The number of methoxy groups -OCH3 is 2. The van der Waals surface area contributed by atoms with E-state index < -0.39 is 0 Å². The van der Waals surface area contributed by atoms with Gasteiger partial charge in [0.15, 0.2) is 0 Å². The Morgan fingerprint density at radius 2 is 1.70 bits per heavy atom. The van der Waals surface area contributed by atoms with E-state index in [2.05, 4.69) is 11.4 Å². The second-order valence-corrected chi connectivity index (χ2v) is 5.23. The number of ether oxygens (including phenoxy) is 2. The third-order valence-corrected chi connectivity index (χ3v) is 3.89. The molecule has 2 unspecified atom stereocenters. The number of rotatable bonds is 4. The molecule has 1 aromatic carbocycles.